The molecule has 0 aliphatic carbocycles. The van der Waals surface area contributed by atoms with Gasteiger partial charge in [0.05, 0.1) is 19.3 Å². The molecule has 25 heavy (non-hydrogen) atoms. The molecule has 138 valence electrons. The minimum absolute atomic E-state index is 0.0114. The van der Waals surface area contributed by atoms with Gasteiger partial charge in [-0.1, -0.05) is 6.92 Å². The van der Waals surface area contributed by atoms with E-state index in [9.17, 15) is 9.59 Å². The summed E-state index contributed by atoms with van der Waals surface area (Å²) in [6.07, 6.45) is 4.70. The van der Waals surface area contributed by atoms with Gasteiger partial charge in [-0.25, -0.2) is 0 Å². The minimum atomic E-state index is -0.336. The number of pyridine rings is 1. The fourth-order valence-electron chi connectivity index (χ4n) is 3.47. The molecule has 1 aliphatic heterocycles. The summed E-state index contributed by atoms with van der Waals surface area (Å²) in [4.78, 5) is 33.0. The highest BCUT2D eigenvalue weighted by Gasteiger charge is 2.35. The molecule has 2 heterocycles. The third kappa shape index (κ3) is 4.11. The largest absolute Gasteiger partial charge is 0.496 e. The van der Waals surface area contributed by atoms with Gasteiger partial charge in [0, 0.05) is 37.3 Å². The third-order valence-corrected chi connectivity index (χ3v) is 4.84. The zero-order valence-corrected chi connectivity index (χ0v) is 16.0. The molecule has 0 spiro atoms. The van der Waals surface area contributed by atoms with Gasteiger partial charge in [0.25, 0.3) is 0 Å². The van der Waals surface area contributed by atoms with E-state index in [1.165, 1.54) is 0 Å². The summed E-state index contributed by atoms with van der Waals surface area (Å²) >= 11 is 0. The van der Waals surface area contributed by atoms with Crippen LogP contribution in [0.15, 0.2) is 6.20 Å². The van der Waals surface area contributed by atoms with Crippen molar-refractivity contribution in [1.29, 1.82) is 0 Å². The fraction of sp³-hybridized carbons (Fsp3) is 0.632. The Kier molecular flexibility index (Phi) is 6.39. The van der Waals surface area contributed by atoms with Gasteiger partial charge in [-0.3, -0.25) is 14.6 Å². The van der Waals surface area contributed by atoms with E-state index >= 15 is 0 Å². The summed E-state index contributed by atoms with van der Waals surface area (Å²) in [6.45, 7) is 6.98. The van der Waals surface area contributed by atoms with Crippen LogP contribution < -0.4 is 4.74 Å². The normalized spacial score (nSPS) is 16.8. The van der Waals surface area contributed by atoms with Gasteiger partial charge in [-0.05, 0) is 33.1 Å². The molecular weight excluding hydrogens is 318 g/mol. The Morgan fingerprint density at radius 1 is 1.40 bits per heavy atom. The number of hydrogen-bond donors (Lipinski definition) is 0. The maximum atomic E-state index is 12.9. The Balaban J connectivity index is 2.11. The number of hydrogen-bond acceptors (Lipinski definition) is 4. The average molecular weight is 347 g/mol. The predicted molar refractivity (Wildman–Crippen MR) is 96.4 cm³/mol. The van der Waals surface area contributed by atoms with Crippen molar-refractivity contribution in [1.82, 2.24) is 14.8 Å². The third-order valence-electron chi connectivity index (χ3n) is 4.84. The highest BCUT2D eigenvalue weighted by atomic mass is 16.5. The molecule has 1 atom stereocenters. The molecule has 0 saturated carbocycles. The Morgan fingerprint density at radius 2 is 2.12 bits per heavy atom. The van der Waals surface area contributed by atoms with Crippen LogP contribution in [-0.4, -0.2) is 53.3 Å². The van der Waals surface area contributed by atoms with Gasteiger partial charge in [0.15, 0.2) is 0 Å². The molecule has 1 aromatic heterocycles. The van der Waals surface area contributed by atoms with E-state index in [4.69, 9.17) is 4.74 Å². The topological polar surface area (TPSA) is 62.7 Å². The van der Waals surface area contributed by atoms with Gasteiger partial charge in [-0.15, -0.1) is 0 Å². The summed E-state index contributed by atoms with van der Waals surface area (Å²) < 4.78 is 5.44. The highest BCUT2D eigenvalue weighted by Crippen LogP contribution is 2.26. The quantitative estimate of drug-likeness (QED) is 0.793. The van der Waals surface area contributed by atoms with Gasteiger partial charge in [0.2, 0.25) is 11.8 Å². The van der Waals surface area contributed by atoms with Gasteiger partial charge < -0.3 is 14.5 Å². The first-order chi connectivity index (χ1) is 11.9. The predicted octanol–water partition coefficient (Wildman–Crippen LogP) is 2.46. The Labute approximate surface area is 150 Å². The summed E-state index contributed by atoms with van der Waals surface area (Å²) in [7, 11) is 3.42. The summed E-state index contributed by atoms with van der Waals surface area (Å²) in [6, 6.07) is -0.336. The van der Waals surface area contributed by atoms with Crippen LogP contribution in [0.2, 0.25) is 0 Å². The number of carbonyl (C=O) groups is 2. The SMILES string of the molecule is CCCC(=O)N1CCC[C@@H]1C(=O)N(C)Cc1ncc(C)c(OC)c1C. The molecule has 0 N–H and O–H groups in total. The average Bonchev–Trinajstić information content (AvgIpc) is 3.07. The number of methoxy groups -OCH3 is 1. The van der Waals surface area contributed by atoms with Gasteiger partial charge in [0.1, 0.15) is 11.8 Å². The summed E-state index contributed by atoms with van der Waals surface area (Å²) in [5, 5.41) is 0. The van der Waals surface area contributed by atoms with Crippen molar-refractivity contribution in [2.45, 2.75) is 59.0 Å². The van der Waals surface area contributed by atoms with Crippen LogP contribution in [0.1, 0.15) is 49.4 Å². The minimum Gasteiger partial charge on any atom is -0.496 e. The number of carbonyl (C=O) groups excluding carboxylic acids is 2. The number of aryl methyl sites for hydroxylation is 1. The smallest absolute Gasteiger partial charge is 0.245 e. The van der Waals surface area contributed by atoms with Crippen LogP contribution in [-0.2, 0) is 16.1 Å². The van der Waals surface area contributed by atoms with Crippen molar-refractivity contribution in [2.24, 2.45) is 0 Å². The number of rotatable bonds is 6. The van der Waals surface area contributed by atoms with Crippen LogP contribution in [0.3, 0.4) is 0 Å². The van der Waals surface area contributed by atoms with E-state index < -0.39 is 0 Å². The van der Waals surface area contributed by atoms with E-state index in [0.29, 0.717) is 19.5 Å². The van der Waals surface area contributed by atoms with Crippen LogP contribution >= 0.6 is 0 Å². The van der Waals surface area contributed by atoms with Crippen molar-refractivity contribution < 1.29 is 14.3 Å². The van der Waals surface area contributed by atoms with E-state index in [0.717, 1.165) is 41.8 Å². The molecule has 2 amide bonds. The number of likely N-dealkylation sites (tertiary alicyclic amines) is 1. The van der Waals surface area contributed by atoms with Crippen LogP contribution in [0.25, 0.3) is 0 Å². The van der Waals surface area contributed by atoms with E-state index in [1.807, 2.05) is 20.8 Å². The molecule has 6 heteroatoms. The number of aromatic nitrogens is 1. The van der Waals surface area contributed by atoms with Gasteiger partial charge >= 0.3 is 0 Å². The standard InChI is InChI=1S/C19H29N3O3/c1-6-8-17(23)22-10-7-9-16(22)19(24)21(4)12-15-14(3)18(25-5)13(2)11-20-15/h11,16H,6-10,12H2,1-5H3/t16-/m1/s1. The lowest BCUT2D eigenvalue weighted by Crippen LogP contribution is -2.46. The van der Waals surface area contributed by atoms with Crippen molar-refractivity contribution in [3.05, 3.63) is 23.0 Å². The van der Waals surface area contributed by atoms with Crippen LogP contribution in [0, 0.1) is 13.8 Å². The number of likely N-dealkylation sites (N-methyl/N-ethyl adjacent to an activating group) is 1. The monoisotopic (exact) mass is 347 g/mol. The number of ether oxygens (including phenoxy) is 1. The van der Waals surface area contributed by atoms with Crippen molar-refractivity contribution in [3.63, 3.8) is 0 Å². The molecule has 0 aromatic carbocycles. The summed E-state index contributed by atoms with van der Waals surface area (Å²) in [5.74, 6) is 0.882. The first-order valence-corrected chi connectivity index (χ1v) is 8.94. The Hall–Kier alpha value is -2.11. The molecule has 0 bridgehead atoms. The zero-order chi connectivity index (χ0) is 18.6. The molecule has 2 rings (SSSR count). The van der Waals surface area contributed by atoms with Crippen molar-refractivity contribution >= 4 is 11.8 Å². The lowest BCUT2D eigenvalue weighted by atomic mass is 10.1. The Morgan fingerprint density at radius 3 is 2.76 bits per heavy atom. The van der Waals surface area contributed by atoms with Crippen LogP contribution in [0.5, 0.6) is 5.75 Å². The van der Waals surface area contributed by atoms with Crippen LogP contribution in [0.4, 0.5) is 0 Å². The molecule has 1 saturated heterocycles. The second-order valence-electron chi connectivity index (χ2n) is 6.74. The molecule has 1 fully saturated rings. The maximum absolute atomic E-state index is 12.9. The molecule has 0 radical (unpaired) electrons. The van der Waals surface area contributed by atoms with E-state index in [-0.39, 0.29) is 17.9 Å². The molecule has 1 aromatic rings. The fourth-order valence-corrected chi connectivity index (χ4v) is 3.47. The maximum Gasteiger partial charge on any atom is 0.245 e. The highest BCUT2D eigenvalue weighted by molar-refractivity contribution is 5.88. The second kappa shape index (κ2) is 8.32. The summed E-state index contributed by atoms with van der Waals surface area (Å²) in [5.41, 5.74) is 2.75. The van der Waals surface area contributed by atoms with Gasteiger partial charge in [-0.2, -0.15) is 0 Å². The molecular formula is C19H29N3O3. The first kappa shape index (κ1) is 19.2. The van der Waals surface area contributed by atoms with Crippen molar-refractivity contribution in [2.75, 3.05) is 20.7 Å². The number of nitrogens with zero attached hydrogens (tertiary/aromatic N) is 3. The van der Waals surface area contributed by atoms with Crippen molar-refractivity contribution in [3.8, 4) is 5.75 Å². The molecule has 0 unspecified atom stereocenters. The lowest BCUT2D eigenvalue weighted by molar-refractivity contribution is -0.143. The molecule has 1 aliphatic rings. The lowest BCUT2D eigenvalue weighted by Gasteiger charge is -2.28. The number of amides is 2. The second-order valence-corrected chi connectivity index (χ2v) is 6.74. The Bertz CT molecular complexity index is 645. The van der Waals surface area contributed by atoms with E-state index in [1.54, 1.807) is 30.2 Å². The first-order valence-electron chi connectivity index (χ1n) is 8.94. The van der Waals surface area contributed by atoms with E-state index in [2.05, 4.69) is 4.98 Å². The zero-order valence-electron chi connectivity index (χ0n) is 16.0. The molecule has 6 nitrogen and oxygen atoms in total.